The average Bonchev–Trinajstić information content (AvgIpc) is 3.04. The topological polar surface area (TPSA) is 86.8 Å². The van der Waals surface area contributed by atoms with Crippen molar-refractivity contribution in [2.75, 3.05) is 6.54 Å². The van der Waals surface area contributed by atoms with Crippen LogP contribution in [-0.4, -0.2) is 52.1 Å². The van der Waals surface area contributed by atoms with Gasteiger partial charge in [-0.1, -0.05) is 31.2 Å². The van der Waals surface area contributed by atoms with Gasteiger partial charge in [-0.3, -0.25) is 24.1 Å². The molecule has 0 saturated carbocycles. The minimum absolute atomic E-state index is 0.0556. The summed E-state index contributed by atoms with van der Waals surface area (Å²) in [5, 5.41) is 2.86. The first-order valence-corrected chi connectivity index (χ1v) is 11.5. The van der Waals surface area contributed by atoms with Crippen LogP contribution in [0.5, 0.6) is 0 Å². The van der Waals surface area contributed by atoms with E-state index in [1.54, 1.807) is 36.4 Å². The van der Waals surface area contributed by atoms with Crippen LogP contribution in [0.3, 0.4) is 0 Å². The monoisotopic (exact) mass is 467 g/mol. The predicted molar refractivity (Wildman–Crippen MR) is 125 cm³/mol. The molecule has 7 nitrogen and oxygen atoms in total. The summed E-state index contributed by atoms with van der Waals surface area (Å²) in [6.07, 6.45) is 0.733. The summed E-state index contributed by atoms with van der Waals surface area (Å²) in [5.41, 5.74) is 1.44. The Bertz CT molecular complexity index is 1030. The zero-order valence-electron chi connectivity index (χ0n) is 19.7. The standard InChI is InChI=1S/C26H30FN3O4/c1-4-22(24(32)28-17(2)3)30(16-18-11-13-19(27)14-12-18)23(31)10-7-15-29-25(33)20-8-5-6-9-21(20)26(29)34/h5-6,8-9,11-14,17,22H,4,7,10,15-16H2,1-3H3,(H,28,32). The average molecular weight is 468 g/mol. The molecule has 0 radical (unpaired) electrons. The molecule has 0 spiro atoms. The molecule has 8 heteroatoms. The fourth-order valence-electron chi connectivity index (χ4n) is 4.06. The number of hydrogen-bond donors (Lipinski definition) is 1. The molecule has 1 aliphatic rings. The van der Waals surface area contributed by atoms with E-state index in [4.69, 9.17) is 0 Å². The van der Waals surface area contributed by atoms with Gasteiger partial charge >= 0.3 is 0 Å². The number of fused-ring (bicyclic) bond motifs is 1. The lowest BCUT2D eigenvalue weighted by molar-refractivity contribution is -0.141. The minimum atomic E-state index is -0.695. The molecule has 0 aliphatic carbocycles. The molecule has 1 atom stereocenters. The smallest absolute Gasteiger partial charge is 0.261 e. The zero-order valence-corrected chi connectivity index (χ0v) is 19.7. The van der Waals surface area contributed by atoms with Crippen LogP contribution in [0.1, 0.15) is 66.3 Å². The third-order valence-electron chi connectivity index (χ3n) is 5.73. The molecule has 1 N–H and O–H groups in total. The Kier molecular flexibility index (Phi) is 8.15. The van der Waals surface area contributed by atoms with Gasteiger partial charge in [0.2, 0.25) is 11.8 Å². The molecule has 34 heavy (non-hydrogen) atoms. The third-order valence-corrected chi connectivity index (χ3v) is 5.73. The Morgan fingerprint density at radius 3 is 2.12 bits per heavy atom. The number of rotatable bonds is 10. The molecule has 2 aromatic carbocycles. The maximum Gasteiger partial charge on any atom is 0.261 e. The highest BCUT2D eigenvalue weighted by Crippen LogP contribution is 2.23. The molecule has 3 rings (SSSR count). The van der Waals surface area contributed by atoms with Gasteiger partial charge in [-0.25, -0.2) is 4.39 Å². The van der Waals surface area contributed by atoms with E-state index in [1.807, 2.05) is 20.8 Å². The number of carbonyl (C=O) groups excluding carboxylic acids is 4. The number of carbonyl (C=O) groups is 4. The molecule has 0 saturated heterocycles. The summed E-state index contributed by atoms with van der Waals surface area (Å²) >= 11 is 0. The zero-order chi connectivity index (χ0) is 24.8. The normalized spacial score (nSPS) is 13.7. The number of imide groups is 1. The van der Waals surface area contributed by atoms with E-state index >= 15 is 0 Å². The highest BCUT2D eigenvalue weighted by atomic mass is 19.1. The van der Waals surface area contributed by atoms with Crippen LogP contribution in [0.4, 0.5) is 4.39 Å². The molecule has 0 aromatic heterocycles. The van der Waals surface area contributed by atoms with Crippen molar-refractivity contribution in [1.82, 2.24) is 15.1 Å². The van der Waals surface area contributed by atoms with Gasteiger partial charge in [0.05, 0.1) is 11.1 Å². The van der Waals surface area contributed by atoms with Crippen molar-refractivity contribution in [2.24, 2.45) is 0 Å². The number of halogens is 1. The van der Waals surface area contributed by atoms with Crippen molar-refractivity contribution < 1.29 is 23.6 Å². The number of nitrogens with zero attached hydrogens (tertiary/aromatic N) is 2. The quantitative estimate of drug-likeness (QED) is 0.542. The van der Waals surface area contributed by atoms with Crippen molar-refractivity contribution in [1.29, 1.82) is 0 Å². The maximum absolute atomic E-state index is 13.4. The first-order chi connectivity index (χ1) is 16.2. The van der Waals surface area contributed by atoms with Gasteiger partial charge in [0.15, 0.2) is 0 Å². The van der Waals surface area contributed by atoms with Crippen molar-refractivity contribution in [3.8, 4) is 0 Å². The molecule has 2 aromatic rings. The van der Waals surface area contributed by atoms with Crippen LogP contribution in [-0.2, 0) is 16.1 Å². The summed E-state index contributed by atoms with van der Waals surface area (Å²) in [4.78, 5) is 53.8. The lowest BCUT2D eigenvalue weighted by Crippen LogP contribution is -2.50. The lowest BCUT2D eigenvalue weighted by Gasteiger charge is -2.31. The molecular formula is C26H30FN3O4. The second kappa shape index (κ2) is 11.0. The SMILES string of the molecule is CCC(C(=O)NC(C)C)N(Cc1ccc(F)cc1)C(=O)CCCN1C(=O)c2ccccc2C1=O. The molecule has 0 fully saturated rings. The molecule has 1 unspecified atom stereocenters. The molecule has 4 amide bonds. The summed E-state index contributed by atoms with van der Waals surface area (Å²) in [7, 11) is 0. The van der Waals surface area contributed by atoms with Crippen molar-refractivity contribution in [2.45, 2.75) is 58.7 Å². The third kappa shape index (κ3) is 5.68. The highest BCUT2D eigenvalue weighted by Gasteiger charge is 2.35. The Morgan fingerprint density at radius 2 is 1.59 bits per heavy atom. The second-order valence-corrected chi connectivity index (χ2v) is 8.65. The largest absolute Gasteiger partial charge is 0.352 e. The predicted octanol–water partition coefficient (Wildman–Crippen LogP) is 3.53. The molecular weight excluding hydrogens is 437 g/mol. The number of benzene rings is 2. The van der Waals surface area contributed by atoms with E-state index in [-0.39, 0.29) is 61.4 Å². The van der Waals surface area contributed by atoms with E-state index < -0.39 is 6.04 Å². The highest BCUT2D eigenvalue weighted by molar-refractivity contribution is 6.21. The van der Waals surface area contributed by atoms with E-state index in [2.05, 4.69) is 5.32 Å². The first kappa shape index (κ1) is 25.1. The second-order valence-electron chi connectivity index (χ2n) is 8.65. The van der Waals surface area contributed by atoms with Gasteiger partial charge < -0.3 is 10.2 Å². The van der Waals surface area contributed by atoms with Crippen molar-refractivity contribution in [3.05, 3.63) is 71.0 Å². The van der Waals surface area contributed by atoms with E-state index in [1.165, 1.54) is 17.0 Å². The van der Waals surface area contributed by atoms with Crippen LogP contribution >= 0.6 is 0 Å². The molecule has 0 bridgehead atoms. The fraction of sp³-hybridized carbons (Fsp3) is 0.385. The van der Waals surface area contributed by atoms with Crippen molar-refractivity contribution in [3.63, 3.8) is 0 Å². The van der Waals surface area contributed by atoms with Crippen LogP contribution in [0, 0.1) is 5.82 Å². The number of nitrogens with one attached hydrogen (secondary N) is 1. The summed E-state index contributed by atoms with van der Waals surface area (Å²) in [6.45, 7) is 5.78. The Hall–Kier alpha value is -3.55. The summed E-state index contributed by atoms with van der Waals surface area (Å²) < 4.78 is 13.4. The van der Waals surface area contributed by atoms with Crippen LogP contribution in [0.2, 0.25) is 0 Å². The Balaban J connectivity index is 1.70. The minimum Gasteiger partial charge on any atom is -0.352 e. The molecule has 1 heterocycles. The number of amides is 4. The maximum atomic E-state index is 13.4. The van der Waals surface area contributed by atoms with Gasteiger partial charge in [-0.05, 0) is 56.5 Å². The van der Waals surface area contributed by atoms with E-state index in [0.717, 1.165) is 4.90 Å². The Labute approximate surface area is 198 Å². The summed E-state index contributed by atoms with van der Waals surface area (Å²) in [6, 6.07) is 11.7. The Morgan fingerprint density at radius 1 is 1.00 bits per heavy atom. The van der Waals surface area contributed by atoms with E-state index in [0.29, 0.717) is 23.1 Å². The van der Waals surface area contributed by atoms with Gasteiger partial charge in [0.1, 0.15) is 11.9 Å². The first-order valence-electron chi connectivity index (χ1n) is 11.5. The van der Waals surface area contributed by atoms with Crippen LogP contribution < -0.4 is 5.32 Å². The van der Waals surface area contributed by atoms with Crippen LogP contribution in [0.15, 0.2) is 48.5 Å². The van der Waals surface area contributed by atoms with Gasteiger partial charge in [0, 0.05) is 25.6 Å². The van der Waals surface area contributed by atoms with E-state index in [9.17, 15) is 23.6 Å². The molecule has 1 aliphatic heterocycles. The lowest BCUT2D eigenvalue weighted by atomic mass is 10.1. The number of hydrogen-bond acceptors (Lipinski definition) is 4. The molecule has 180 valence electrons. The van der Waals surface area contributed by atoms with Gasteiger partial charge in [0.25, 0.3) is 11.8 Å². The fourth-order valence-corrected chi connectivity index (χ4v) is 4.06. The summed E-state index contributed by atoms with van der Waals surface area (Å²) in [5.74, 6) is -1.63. The van der Waals surface area contributed by atoms with Crippen LogP contribution in [0.25, 0.3) is 0 Å². The van der Waals surface area contributed by atoms with Crippen molar-refractivity contribution >= 4 is 23.6 Å². The van der Waals surface area contributed by atoms with Gasteiger partial charge in [-0.2, -0.15) is 0 Å². The van der Waals surface area contributed by atoms with Gasteiger partial charge in [-0.15, -0.1) is 0 Å².